The van der Waals surface area contributed by atoms with Gasteiger partial charge >= 0.3 is 0 Å². The third-order valence-electron chi connectivity index (χ3n) is 3.40. The van der Waals surface area contributed by atoms with Gasteiger partial charge in [0.15, 0.2) is 0 Å². The summed E-state index contributed by atoms with van der Waals surface area (Å²) in [4.78, 5) is 2.36. The van der Waals surface area contributed by atoms with Gasteiger partial charge in [0, 0.05) is 12.6 Å². The molecule has 6 nitrogen and oxygen atoms in total. The van der Waals surface area contributed by atoms with Crippen LogP contribution in [0, 0.1) is 0 Å². The molecule has 1 atom stereocenters. The molecule has 21 heavy (non-hydrogen) atoms. The predicted molar refractivity (Wildman–Crippen MR) is 80.8 cm³/mol. The highest BCUT2D eigenvalue weighted by atomic mass is 16.6. The van der Waals surface area contributed by atoms with Crippen LogP contribution < -0.4 is 0 Å². The molecule has 0 amide bonds. The second-order valence-corrected chi connectivity index (χ2v) is 5.00. The van der Waals surface area contributed by atoms with Gasteiger partial charge in [-0.15, -0.1) is 0 Å². The smallest absolute Gasteiger partial charge is 0.0701 e. The van der Waals surface area contributed by atoms with E-state index in [2.05, 4.69) is 18.7 Å². The summed E-state index contributed by atoms with van der Waals surface area (Å²) in [6, 6.07) is 0.386. The SMILES string of the molecule is CCN1CCOCCOCCOCCOCCOCC1C. The van der Waals surface area contributed by atoms with Crippen LogP contribution in [-0.2, 0) is 23.7 Å². The van der Waals surface area contributed by atoms with Gasteiger partial charge < -0.3 is 23.7 Å². The molecular weight excluding hydrogens is 274 g/mol. The first-order valence-corrected chi connectivity index (χ1v) is 7.97. The van der Waals surface area contributed by atoms with Gasteiger partial charge in [0.2, 0.25) is 0 Å². The van der Waals surface area contributed by atoms with E-state index in [-0.39, 0.29) is 0 Å². The maximum atomic E-state index is 5.66. The van der Waals surface area contributed by atoms with Crippen LogP contribution in [0.1, 0.15) is 13.8 Å². The van der Waals surface area contributed by atoms with Gasteiger partial charge in [-0.05, 0) is 13.5 Å². The monoisotopic (exact) mass is 305 g/mol. The average Bonchev–Trinajstić information content (AvgIpc) is 2.49. The first-order valence-electron chi connectivity index (χ1n) is 7.97. The third kappa shape index (κ3) is 10.2. The Hall–Kier alpha value is -0.240. The number of ether oxygens (including phenoxy) is 5. The molecule has 0 radical (unpaired) electrons. The minimum Gasteiger partial charge on any atom is -0.378 e. The van der Waals surface area contributed by atoms with E-state index >= 15 is 0 Å². The zero-order chi connectivity index (χ0) is 15.2. The molecule has 1 aliphatic heterocycles. The van der Waals surface area contributed by atoms with Crippen LogP contribution in [-0.4, -0.2) is 90.1 Å². The predicted octanol–water partition coefficient (Wildman–Crippen LogP) is 0.793. The lowest BCUT2D eigenvalue weighted by Crippen LogP contribution is -2.39. The van der Waals surface area contributed by atoms with Crippen molar-refractivity contribution in [2.24, 2.45) is 0 Å². The summed E-state index contributed by atoms with van der Waals surface area (Å²) in [6.07, 6.45) is 0. The molecule has 0 aromatic heterocycles. The lowest BCUT2D eigenvalue weighted by molar-refractivity contribution is -0.0244. The zero-order valence-corrected chi connectivity index (χ0v) is 13.6. The van der Waals surface area contributed by atoms with Crippen LogP contribution in [0.5, 0.6) is 0 Å². The molecule has 1 unspecified atom stereocenters. The Morgan fingerprint density at radius 2 is 1.14 bits per heavy atom. The van der Waals surface area contributed by atoms with Crippen molar-refractivity contribution in [3.05, 3.63) is 0 Å². The maximum Gasteiger partial charge on any atom is 0.0701 e. The summed E-state index contributed by atoms with van der Waals surface area (Å²) in [5.41, 5.74) is 0. The first kappa shape index (κ1) is 18.8. The highest BCUT2D eigenvalue weighted by Crippen LogP contribution is 2.00. The summed E-state index contributed by atoms with van der Waals surface area (Å²) < 4.78 is 27.5. The quantitative estimate of drug-likeness (QED) is 0.714. The van der Waals surface area contributed by atoms with Gasteiger partial charge in [-0.3, -0.25) is 4.90 Å². The van der Waals surface area contributed by atoms with Crippen LogP contribution in [0.3, 0.4) is 0 Å². The summed E-state index contributed by atoms with van der Waals surface area (Å²) in [5.74, 6) is 0. The average molecular weight is 305 g/mol. The number of likely N-dealkylation sites (N-methyl/N-ethyl adjacent to an activating group) is 1. The molecule has 0 aliphatic carbocycles. The summed E-state index contributed by atoms with van der Waals surface area (Å²) in [5, 5.41) is 0. The number of hydrogen-bond acceptors (Lipinski definition) is 6. The molecule has 1 rings (SSSR count). The van der Waals surface area contributed by atoms with Crippen LogP contribution in [0.4, 0.5) is 0 Å². The minimum atomic E-state index is 0.386. The Balaban J connectivity index is 2.25. The first-order chi connectivity index (χ1) is 10.3. The standard InChI is InChI=1S/C15H31NO5/c1-3-16-4-5-17-6-7-18-8-9-19-10-11-20-12-13-21-14-15(16)2/h15H,3-14H2,1-2H3. The molecule has 6 heteroatoms. The Labute approximate surface area is 128 Å². The van der Waals surface area contributed by atoms with Crippen LogP contribution >= 0.6 is 0 Å². The summed E-state index contributed by atoms with van der Waals surface area (Å²) >= 11 is 0. The molecule has 0 N–H and O–H groups in total. The van der Waals surface area contributed by atoms with Crippen LogP contribution in [0.25, 0.3) is 0 Å². The van der Waals surface area contributed by atoms with E-state index in [4.69, 9.17) is 23.7 Å². The van der Waals surface area contributed by atoms with Crippen LogP contribution in [0.2, 0.25) is 0 Å². The van der Waals surface area contributed by atoms with E-state index in [0.29, 0.717) is 58.9 Å². The fourth-order valence-corrected chi connectivity index (χ4v) is 2.11. The second kappa shape index (κ2) is 13.4. The number of nitrogens with zero attached hydrogens (tertiary/aromatic N) is 1. The minimum absolute atomic E-state index is 0.386. The van der Waals surface area contributed by atoms with Gasteiger partial charge in [-0.2, -0.15) is 0 Å². The Morgan fingerprint density at radius 1 is 0.714 bits per heavy atom. The lowest BCUT2D eigenvalue weighted by atomic mass is 10.3. The van der Waals surface area contributed by atoms with Crippen molar-refractivity contribution >= 4 is 0 Å². The van der Waals surface area contributed by atoms with Gasteiger partial charge in [0.05, 0.1) is 66.1 Å². The topological polar surface area (TPSA) is 49.4 Å². The van der Waals surface area contributed by atoms with Crippen molar-refractivity contribution in [3.8, 4) is 0 Å². The van der Waals surface area contributed by atoms with Gasteiger partial charge in [-0.1, -0.05) is 6.92 Å². The number of hydrogen-bond donors (Lipinski definition) is 0. The van der Waals surface area contributed by atoms with Crippen LogP contribution in [0.15, 0.2) is 0 Å². The fraction of sp³-hybridized carbons (Fsp3) is 1.00. The fourth-order valence-electron chi connectivity index (χ4n) is 2.11. The Morgan fingerprint density at radius 3 is 1.62 bits per heavy atom. The van der Waals surface area contributed by atoms with Crippen molar-refractivity contribution in [2.45, 2.75) is 19.9 Å². The largest absolute Gasteiger partial charge is 0.378 e. The molecule has 0 bridgehead atoms. The lowest BCUT2D eigenvalue weighted by Gasteiger charge is -2.27. The second-order valence-electron chi connectivity index (χ2n) is 5.00. The molecular formula is C15H31NO5. The zero-order valence-electron chi connectivity index (χ0n) is 13.6. The van der Waals surface area contributed by atoms with Crippen molar-refractivity contribution < 1.29 is 23.7 Å². The molecule has 0 saturated carbocycles. The van der Waals surface area contributed by atoms with Crippen molar-refractivity contribution in [1.29, 1.82) is 0 Å². The molecule has 126 valence electrons. The van der Waals surface area contributed by atoms with E-state index in [0.717, 1.165) is 26.3 Å². The van der Waals surface area contributed by atoms with E-state index in [1.54, 1.807) is 0 Å². The molecule has 0 aromatic carbocycles. The molecule has 1 aliphatic rings. The van der Waals surface area contributed by atoms with E-state index in [1.165, 1.54) is 0 Å². The van der Waals surface area contributed by atoms with E-state index in [9.17, 15) is 0 Å². The molecule has 1 heterocycles. The highest BCUT2D eigenvalue weighted by molar-refractivity contribution is 4.65. The maximum absolute atomic E-state index is 5.66. The molecule has 1 saturated heterocycles. The van der Waals surface area contributed by atoms with Gasteiger partial charge in [-0.25, -0.2) is 0 Å². The molecule has 1 fully saturated rings. The molecule has 0 aromatic rings. The normalized spacial score (nSPS) is 26.9. The molecule has 0 spiro atoms. The van der Waals surface area contributed by atoms with E-state index in [1.807, 2.05) is 0 Å². The Kier molecular flexibility index (Phi) is 12.0. The summed E-state index contributed by atoms with van der Waals surface area (Å²) in [6.45, 7) is 12.6. The van der Waals surface area contributed by atoms with Gasteiger partial charge in [0.1, 0.15) is 0 Å². The number of rotatable bonds is 1. The van der Waals surface area contributed by atoms with Gasteiger partial charge in [0.25, 0.3) is 0 Å². The van der Waals surface area contributed by atoms with Crippen molar-refractivity contribution in [3.63, 3.8) is 0 Å². The Bertz CT molecular complexity index is 230. The highest BCUT2D eigenvalue weighted by Gasteiger charge is 2.11. The summed E-state index contributed by atoms with van der Waals surface area (Å²) in [7, 11) is 0. The third-order valence-corrected chi connectivity index (χ3v) is 3.40. The van der Waals surface area contributed by atoms with Crippen molar-refractivity contribution in [1.82, 2.24) is 4.90 Å². The van der Waals surface area contributed by atoms with E-state index < -0.39 is 0 Å². The van der Waals surface area contributed by atoms with Crippen molar-refractivity contribution in [2.75, 3.05) is 79.2 Å².